The molecule has 1 heterocycles. The van der Waals surface area contributed by atoms with Gasteiger partial charge in [0, 0.05) is 15.7 Å². The van der Waals surface area contributed by atoms with Crippen molar-refractivity contribution >= 4 is 15.9 Å². The minimum absolute atomic E-state index is 0.602. The van der Waals surface area contributed by atoms with Crippen LogP contribution in [0.1, 0.15) is 25.4 Å². The molecule has 18 heavy (non-hydrogen) atoms. The largest absolute Gasteiger partial charge is 0.344 e. The average Bonchev–Trinajstić information content (AvgIpc) is 2.72. The van der Waals surface area contributed by atoms with E-state index in [0.29, 0.717) is 5.82 Å². The fourth-order valence-electron chi connectivity index (χ4n) is 1.73. The first-order valence-electron chi connectivity index (χ1n) is 5.68. The molecule has 0 bridgehead atoms. The highest BCUT2D eigenvalue weighted by atomic mass is 79.9. The van der Waals surface area contributed by atoms with Gasteiger partial charge in [-0.1, -0.05) is 28.1 Å². The van der Waals surface area contributed by atoms with Crippen molar-refractivity contribution in [1.29, 1.82) is 5.26 Å². The zero-order valence-corrected chi connectivity index (χ0v) is 12.2. The monoisotopic (exact) mass is 303 g/mol. The van der Waals surface area contributed by atoms with Crippen LogP contribution < -0.4 is 0 Å². The summed E-state index contributed by atoms with van der Waals surface area (Å²) in [5.74, 6) is 0.706. The molecular formula is C14H14BrN3. The van der Waals surface area contributed by atoms with E-state index in [1.54, 1.807) is 0 Å². The van der Waals surface area contributed by atoms with Crippen LogP contribution >= 0.6 is 15.9 Å². The maximum absolute atomic E-state index is 9.14. The first kappa shape index (κ1) is 12.8. The van der Waals surface area contributed by atoms with Crippen molar-refractivity contribution in [3.8, 4) is 17.3 Å². The van der Waals surface area contributed by atoms with E-state index in [9.17, 15) is 0 Å². The number of imidazole rings is 1. The first-order valence-corrected chi connectivity index (χ1v) is 6.47. The third kappa shape index (κ3) is 2.32. The Labute approximate surface area is 115 Å². The molecule has 0 saturated heterocycles. The number of nitrogens with zero attached hydrogens (tertiary/aromatic N) is 2. The number of hydrogen-bond acceptors (Lipinski definition) is 2. The highest BCUT2D eigenvalue weighted by Gasteiger charge is 2.25. The molecule has 0 amide bonds. The Hall–Kier alpha value is -1.60. The Balaban J connectivity index is 2.52. The van der Waals surface area contributed by atoms with Crippen molar-refractivity contribution in [3.05, 3.63) is 40.3 Å². The van der Waals surface area contributed by atoms with Gasteiger partial charge in [0.05, 0.1) is 11.8 Å². The topological polar surface area (TPSA) is 52.5 Å². The second kappa shape index (κ2) is 4.58. The van der Waals surface area contributed by atoms with Crippen molar-refractivity contribution in [2.45, 2.75) is 26.2 Å². The van der Waals surface area contributed by atoms with Crippen LogP contribution in [-0.2, 0) is 5.41 Å². The van der Waals surface area contributed by atoms with E-state index >= 15 is 0 Å². The number of aromatic amines is 1. The molecule has 0 aliphatic heterocycles. The number of aromatic nitrogens is 2. The summed E-state index contributed by atoms with van der Waals surface area (Å²) in [6.07, 6.45) is 0. The molecular weight excluding hydrogens is 290 g/mol. The van der Waals surface area contributed by atoms with Crippen LogP contribution in [0, 0.1) is 18.3 Å². The average molecular weight is 304 g/mol. The van der Waals surface area contributed by atoms with Crippen LogP contribution in [0.4, 0.5) is 0 Å². The van der Waals surface area contributed by atoms with E-state index in [1.165, 1.54) is 0 Å². The fourth-order valence-corrected chi connectivity index (χ4v) is 2.13. The number of hydrogen-bond donors (Lipinski definition) is 1. The van der Waals surface area contributed by atoms with Crippen molar-refractivity contribution in [1.82, 2.24) is 9.97 Å². The van der Waals surface area contributed by atoms with Crippen molar-refractivity contribution < 1.29 is 0 Å². The highest BCUT2D eigenvalue weighted by molar-refractivity contribution is 9.10. The summed E-state index contributed by atoms with van der Waals surface area (Å²) in [5, 5.41) is 9.14. The lowest BCUT2D eigenvalue weighted by Gasteiger charge is -2.10. The van der Waals surface area contributed by atoms with Crippen LogP contribution in [-0.4, -0.2) is 9.97 Å². The van der Waals surface area contributed by atoms with Gasteiger partial charge in [0.1, 0.15) is 11.2 Å². The van der Waals surface area contributed by atoms with Crippen molar-refractivity contribution in [3.63, 3.8) is 0 Å². The fraction of sp³-hybridized carbons (Fsp3) is 0.286. The maximum atomic E-state index is 9.14. The van der Waals surface area contributed by atoms with Gasteiger partial charge in [0.25, 0.3) is 0 Å². The predicted octanol–water partition coefficient (Wildman–Crippen LogP) is 3.95. The standard InChI is InChI=1S/C14H14BrN3/c1-9-12(10-5-4-6-11(15)7-10)18-13(17-9)14(2,3)8-16/h4-7H,1-3H3,(H,17,18). The molecule has 0 radical (unpaired) electrons. The Morgan fingerprint density at radius 1 is 1.39 bits per heavy atom. The van der Waals surface area contributed by atoms with Crippen LogP contribution in [0.25, 0.3) is 11.3 Å². The molecule has 0 saturated carbocycles. The molecule has 0 fully saturated rings. The molecule has 2 rings (SSSR count). The predicted molar refractivity (Wildman–Crippen MR) is 75.1 cm³/mol. The van der Waals surface area contributed by atoms with Crippen LogP contribution in [0.5, 0.6) is 0 Å². The molecule has 1 aromatic carbocycles. The Morgan fingerprint density at radius 2 is 2.11 bits per heavy atom. The summed E-state index contributed by atoms with van der Waals surface area (Å²) < 4.78 is 1.02. The summed E-state index contributed by atoms with van der Waals surface area (Å²) >= 11 is 3.45. The van der Waals surface area contributed by atoms with Gasteiger partial charge in [-0.3, -0.25) is 0 Å². The van der Waals surface area contributed by atoms with Crippen molar-refractivity contribution in [2.75, 3.05) is 0 Å². The molecule has 92 valence electrons. The van der Waals surface area contributed by atoms with E-state index in [0.717, 1.165) is 21.4 Å². The normalized spacial score (nSPS) is 11.3. The van der Waals surface area contributed by atoms with Crippen LogP contribution in [0.2, 0.25) is 0 Å². The molecule has 1 N–H and O–H groups in total. The van der Waals surface area contributed by atoms with Gasteiger partial charge in [-0.15, -0.1) is 0 Å². The third-order valence-corrected chi connectivity index (χ3v) is 3.35. The Kier molecular flexibility index (Phi) is 3.27. The molecule has 4 heteroatoms. The van der Waals surface area contributed by atoms with Gasteiger partial charge < -0.3 is 4.98 Å². The lowest BCUT2D eigenvalue weighted by Crippen LogP contribution is -2.15. The smallest absolute Gasteiger partial charge is 0.126 e. The molecule has 0 aliphatic rings. The summed E-state index contributed by atoms with van der Waals surface area (Å²) in [4.78, 5) is 7.77. The number of aryl methyl sites for hydroxylation is 1. The lowest BCUT2D eigenvalue weighted by atomic mass is 9.95. The van der Waals surface area contributed by atoms with Gasteiger partial charge in [0.15, 0.2) is 0 Å². The number of rotatable bonds is 2. The lowest BCUT2D eigenvalue weighted by molar-refractivity contribution is 0.638. The van der Waals surface area contributed by atoms with E-state index in [2.05, 4.69) is 32.0 Å². The number of H-pyrrole nitrogens is 1. The summed E-state index contributed by atoms with van der Waals surface area (Å²) in [6.45, 7) is 5.69. The summed E-state index contributed by atoms with van der Waals surface area (Å²) in [5.41, 5.74) is 2.31. The zero-order valence-electron chi connectivity index (χ0n) is 10.6. The van der Waals surface area contributed by atoms with Gasteiger partial charge in [-0.2, -0.15) is 5.26 Å². The van der Waals surface area contributed by atoms with Crippen molar-refractivity contribution in [2.24, 2.45) is 0 Å². The minimum atomic E-state index is -0.602. The van der Waals surface area contributed by atoms with Gasteiger partial charge >= 0.3 is 0 Å². The number of nitriles is 1. The van der Waals surface area contributed by atoms with E-state index in [1.807, 2.05) is 45.0 Å². The molecule has 0 aliphatic carbocycles. The van der Waals surface area contributed by atoms with Gasteiger partial charge in [-0.25, -0.2) is 4.98 Å². The zero-order chi connectivity index (χ0) is 13.3. The minimum Gasteiger partial charge on any atom is -0.344 e. The second-order valence-electron chi connectivity index (χ2n) is 4.81. The van der Waals surface area contributed by atoms with E-state index < -0.39 is 5.41 Å². The Bertz CT molecular complexity index is 620. The maximum Gasteiger partial charge on any atom is 0.126 e. The molecule has 2 aromatic rings. The highest BCUT2D eigenvalue weighted by Crippen LogP contribution is 2.28. The molecule has 1 aromatic heterocycles. The number of benzene rings is 1. The molecule has 3 nitrogen and oxygen atoms in total. The summed E-state index contributed by atoms with van der Waals surface area (Å²) in [7, 11) is 0. The first-order chi connectivity index (χ1) is 8.44. The van der Waals surface area contributed by atoms with Crippen LogP contribution in [0.15, 0.2) is 28.7 Å². The van der Waals surface area contributed by atoms with Crippen LogP contribution in [0.3, 0.4) is 0 Å². The second-order valence-corrected chi connectivity index (χ2v) is 5.72. The molecule has 0 atom stereocenters. The van der Waals surface area contributed by atoms with E-state index in [-0.39, 0.29) is 0 Å². The molecule has 0 unspecified atom stereocenters. The molecule has 0 spiro atoms. The number of halogens is 1. The van der Waals surface area contributed by atoms with Gasteiger partial charge in [0.2, 0.25) is 0 Å². The van der Waals surface area contributed by atoms with Gasteiger partial charge in [-0.05, 0) is 32.9 Å². The SMILES string of the molecule is Cc1[nH]c(C(C)(C)C#N)nc1-c1cccc(Br)c1. The third-order valence-electron chi connectivity index (χ3n) is 2.85. The Morgan fingerprint density at radius 3 is 2.72 bits per heavy atom. The quantitative estimate of drug-likeness (QED) is 0.913. The van der Waals surface area contributed by atoms with E-state index in [4.69, 9.17) is 5.26 Å². The summed E-state index contributed by atoms with van der Waals surface area (Å²) in [6, 6.07) is 10.2. The number of nitrogens with one attached hydrogen (secondary N) is 1.